The molecule has 1 aliphatic heterocycles. The third-order valence-electron chi connectivity index (χ3n) is 2.80. The Kier molecular flexibility index (Phi) is 7.00. The van der Waals surface area contributed by atoms with Crippen molar-refractivity contribution in [1.82, 2.24) is 9.62 Å². The van der Waals surface area contributed by atoms with Gasteiger partial charge in [0.2, 0.25) is 5.96 Å². The van der Waals surface area contributed by atoms with E-state index in [9.17, 15) is 14.4 Å². The molecule has 0 aromatic heterocycles. The number of carboxylic acids is 2. The predicted molar refractivity (Wildman–Crippen MR) is 78.1 cm³/mol. The number of carbonyl (C=O) groups excluding carboxylic acids is 1. The Morgan fingerprint density at radius 2 is 2.14 bits per heavy atom. The summed E-state index contributed by atoms with van der Waals surface area (Å²) in [5, 5.41) is 17.8. The highest BCUT2D eigenvalue weighted by Gasteiger charge is 2.22. The molecule has 1 heterocycles. The average molecular weight is 317 g/mol. The molecule has 0 fully saturated rings. The fraction of sp³-hybridized carbons (Fsp3) is 0.667. The van der Waals surface area contributed by atoms with Crippen LogP contribution in [0.4, 0.5) is 0 Å². The van der Waals surface area contributed by atoms with Crippen molar-refractivity contribution in [2.24, 2.45) is 10.9 Å². The average Bonchev–Trinajstić information content (AvgIpc) is 2.38. The monoisotopic (exact) mass is 317 g/mol. The van der Waals surface area contributed by atoms with Gasteiger partial charge in [-0.05, 0) is 25.3 Å². The number of hydrogen-bond donors (Lipinski definition) is 3. The SMILES string of the molecule is CC(=O)C[C@H](CSNC1=NCCCN1CC(=O)O)C(=O)O. The zero-order valence-electron chi connectivity index (χ0n) is 11.7. The van der Waals surface area contributed by atoms with Crippen LogP contribution in [0.5, 0.6) is 0 Å². The number of Topliss-reactive ketones (excluding diaryl/α,β-unsaturated/α-hetero) is 1. The topological polar surface area (TPSA) is 119 Å². The van der Waals surface area contributed by atoms with E-state index in [2.05, 4.69) is 9.71 Å². The summed E-state index contributed by atoms with van der Waals surface area (Å²) < 4.78 is 2.89. The van der Waals surface area contributed by atoms with Gasteiger partial charge in [-0.2, -0.15) is 0 Å². The first-order valence-electron chi connectivity index (χ1n) is 6.51. The summed E-state index contributed by atoms with van der Waals surface area (Å²) in [5.41, 5.74) is 0. The maximum Gasteiger partial charge on any atom is 0.323 e. The van der Waals surface area contributed by atoms with Gasteiger partial charge >= 0.3 is 11.9 Å². The number of guanidine groups is 1. The number of carbonyl (C=O) groups is 3. The van der Waals surface area contributed by atoms with E-state index in [0.29, 0.717) is 19.0 Å². The second kappa shape index (κ2) is 8.50. The summed E-state index contributed by atoms with van der Waals surface area (Å²) in [4.78, 5) is 38.6. The molecule has 1 atom stereocenters. The lowest BCUT2D eigenvalue weighted by molar-refractivity contribution is -0.142. The fourth-order valence-electron chi connectivity index (χ4n) is 1.84. The van der Waals surface area contributed by atoms with Gasteiger partial charge in [-0.25, -0.2) is 0 Å². The second-order valence-corrected chi connectivity index (χ2v) is 5.55. The molecule has 1 rings (SSSR count). The highest BCUT2D eigenvalue weighted by molar-refractivity contribution is 7.97. The number of nitrogens with zero attached hydrogens (tertiary/aromatic N) is 2. The van der Waals surface area contributed by atoms with Gasteiger partial charge < -0.3 is 24.6 Å². The molecule has 1 aliphatic rings. The molecule has 0 unspecified atom stereocenters. The molecule has 9 heteroatoms. The third kappa shape index (κ3) is 6.48. The molecule has 3 N–H and O–H groups in total. The van der Waals surface area contributed by atoms with E-state index in [1.165, 1.54) is 6.92 Å². The quantitative estimate of drug-likeness (QED) is 0.537. The van der Waals surface area contributed by atoms with Gasteiger partial charge in [0.25, 0.3) is 0 Å². The minimum absolute atomic E-state index is 0.0185. The smallest absolute Gasteiger partial charge is 0.323 e. The molecule has 118 valence electrons. The second-order valence-electron chi connectivity index (χ2n) is 4.73. The molecule has 8 nitrogen and oxygen atoms in total. The van der Waals surface area contributed by atoms with Crippen LogP contribution in [-0.4, -0.2) is 64.2 Å². The molecular formula is C12H19N3O5S. The fourth-order valence-corrected chi connectivity index (χ4v) is 2.71. The summed E-state index contributed by atoms with van der Waals surface area (Å²) in [6.45, 7) is 2.40. The van der Waals surface area contributed by atoms with Crippen LogP contribution < -0.4 is 4.72 Å². The summed E-state index contributed by atoms with van der Waals surface area (Å²) in [7, 11) is 0. The zero-order valence-corrected chi connectivity index (χ0v) is 12.6. The molecular weight excluding hydrogens is 298 g/mol. The molecule has 0 aromatic carbocycles. The molecule has 0 radical (unpaired) electrons. The van der Waals surface area contributed by atoms with Gasteiger partial charge in [-0.3, -0.25) is 14.6 Å². The maximum absolute atomic E-state index is 11.0. The zero-order chi connectivity index (χ0) is 15.8. The highest BCUT2D eigenvalue weighted by Crippen LogP contribution is 2.12. The Labute approximate surface area is 126 Å². The van der Waals surface area contributed by atoms with Crippen molar-refractivity contribution in [2.75, 3.05) is 25.4 Å². The molecule has 0 aliphatic carbocycles. The number of rotatable bonds is 8. The number of carboxylic acid groups (broad SMARTS) is 2. The summed E-state index contributed by atoms with van der Waals surface area (Å²) >= 11 is 1.12. The Hall–Kier alpha value is -1.77. The summed E-state index contributed by atoms with van der Waals surface area (Å²) in [6, 6.07) is 0. The maximum atomic E-state index is 11.0. The van der Waals surface area contributed by atoms with Gasteiger partial charge in [-0.1, -0.05) is 0 Å². The predicted octanol–water partition coefficient (Wildman–Crippen LogP) is 0.0504. The molecule has 0 spiro atoms. The first-order chi connectivity index (χ1) is 9.90. The summed E-state index contributed by atoms with van der Waals surface area (Å²) in [6.07, 6.45) is 0.764. The van der Waals surface area contributed by atoms with E-state index in [1.807, 2.05) is 0 Å². The molecule has 0 aromatic rings. The number of aliphatic carboxylic acids is 2. The van der Waals surface area contributed by atoms with Crippen molar-refractivity contribution < 1.29 is 24.6 Å². The normalized spacial score (nSPS) is 16.0. The van der Waals surface area contributed by atoms with Crippen molar-refractivity contribution in [3.63, 3.8) is 0 Å². The van der Waals surface area contributed by atoms with Gasteiger partial charge in [0.1, 0.15) is 12.3 Å². The van der Waals surface area contributed by atoms with Gasteiger partial charge in [0, 0.05) is 25.3 Å². The Morgan fingerprint density at radius 1 is 1.43 bits per heavy atom. The van der Waals surface area contributed by atoms with Crippen LogP contribution in [0, 0.1) is 5.92 Å². The standard InChI is InChI=1S/C12H19N3O5S/c1-8(16)5-9(11(19)20)7-21-14-12-13-3-2-4-15(12)6-10(17)18/h9H,2-7H2,1H3,(H,13,14)(H,17,18)(H,19,20)/t9-/m1/s1. The van der Waals surface area contributed by atoms with Crippen molar-refractivity contribution >= 4 is 35.6 Å². The molecule has 0 amide bonds. The van der Waals surface area contributed by atoms with Crippen LogP contribution in [0.25, 0.3) is 0 Å². The number of aliphatic imine (C=N–C) groups is 1. The van der Waals surface area contributed by atoms with Crippen molar-refractivity contribution in [3.05, 3.63) is 0 Å². The molecule has 0 saturated carbocycles. The lowest BCUT2D eigenvalue weighted by atomic mass is 10.1. The van der Waals surface area contributed by atoms with E-state index in [-0.39, 0.29) is 24.5 Å². The van der Waals surface area contributed by atoms with E-state index in [0.717, 1.165) is 18.4 Å². The largest absolute Gasteiger partial charge is 0.481 e. The van der Waals surface area contributed by atoms with Crippen LogP contribution in [0.15, 0.2) is 4.99 Å². The Balaban J connectivity index is 2.48. The van der Waals surface area contributed by atoms with Crippen LogP contribution in [0.2, 0.25) is 0 Å². The van der Waals surface area contributed by atoms with E-state index < -0.39 is 17.9 Å². The highest BCUT2D eigenvalue weighted by atomic mass is 32.2. The minimum Gasteiger partial charge on any atom is -0.481 e. The van der Waals surface area contributed by atoms with Crippen LogP contribution >= 0.6 is 11.9 Å². The Bertz CT molecular complexity index is 441. The van der Waals surface area contributed by atoms with Crippen molar-refractivity contribution in [3.8, 4) is 0 Å². The summed E-state index contributed by atoms with van der Waals surface area (Å²) in [5.74, 6) is -2.26. The number of nitrogens with one attached hydrogen (secondary N) is 1. The van der Waals surface area contributed by atoms with Crippen molar-refractivity contribution in [1.29, 1.82) is 0 Å². The van der Waals surface area contributed by atoms with Crippen molar-refractivity contribution in [2.45, 2.75) is 19.8 Å². The first-order valence-corrected chi connectivity index (χ1v) is 7.50. The van der Waals surface area contributed by atoms with Crippen LogP contribution in [-0.2, 0) is 14.4 Å². The molecule has 0 bridgehead atoms. The lowest BCUT2D eigenvalue weighted by Crippen LogP contribution is -2.45. The lowest BCUT2D eigenvalue weighted by Gasteiger charge is -2.28. The molecule has 0 saturated heterocycles. The number of ketones is 1. The number of hydrogen-bond acceptors (Lipinski definition) is 7. The Morgan fingerprint density at radius 3 is 2.71 bits per heavy atom. The van der Waals surface area contributed by atoms with Crippen LogP contribution in [0.3, 0.4) is 0 Å². The first kappa shape index (κ1) is 17.3. The minimum atomic E-state index is -1.02. The van der Waals surface area contributed by atoms with Gasteiger partial charge in [-0.15, -0.1) is 0 Å². The third-order valence-corrected chi connectivity index (χ3v) is 3.70. The van der Waals surface area contributed by atoms with E-state index >= 15 is 0 Å². The van der Waals surface area contributed by atoms with Crippen LogP contribution in [0.1, 0.15) is 19.8 Å². The van der Waals surface area contributed by atoms with Gasteiger partial charge in [0.05, 0.1) is 5.92 Å². The van der Waals surface area contributed by atoms with E-state index in [4.69, 9.17) is 10.2 Å². The molecule has 21 heavy (non-hydrogen) atoms. The van der Waals surface area contributed by atoms with Gasteiger partial charge in [0.15, 0.2) is 0 Å². The van der Waals surface area contributed by atoms with E-state index in [1.54, 1.807) is 4.90 Å².